The van der Waals surface area contributed by atoms with Gasteiger partial charge in [-0.05, 0) is 41.8 Å². The van der Waals surface area contributed by atoms with Crippen molar-refractivity contribution in [1.82, 2.24) is 5.32 Å². The molecule has 1 aliphatic rings. The molecule has 0 bridgehead atoms. The van der Waals surface area contributed by atoms with E-state index in [1.807, 2.05) is 7.05 Å². The molecule has 1 aromatic rings. The summed E-state index contributed by atoms with van der Waals surface area (Å²) < 4.78 is 38.4. The quantitative estimate of drug-likeness (QED) is 0.862. The largest absolute Gasteiger partial charge is 0.416 e. The Hall–Kier alpha value is -1.03. The molecule has 1 aliphatic carbocycles. The summed E-state index contributed by atoms with van der Waals surface area (Å²) in [6, 6.07) is 5.87. The summed E-state index contributed by atoms with van der Waals surface area (Å²) in [5.41, 5.74) is 0.594. The Morgan fingerprint density at radius 2 is 1.71 bits per heavy atom. The Morgan fingerprint density at radius 3 is 2.14 bits per heavy atom. The maximum absolute atomic E-state index is 12.8. The highest BCUT2D eigenvalue weighted by atomic mass is 19.4. The summed E-state index contributed by atoms with van der Waals surface area (Å²) in [7, 11) is 1.89. The summed E-state index contributed by atoms with van der Waals surface area (Å²) in [6.45, 7) is 8.92. The summed E-state index contributed by atoms with van der Waals surface area (Å²) in [5, 5.41) is 3.30. The fourth-order valence-corrected chi connectivity index (χ4v) is 3.77. The first-order valence-electron chi connectivity index (χ1n) is 7.35. The molecule has 0 saturated heterocycles. The molecular formula is C17H24F3N. The van der Waals surface area contributed by atoms with Gasteiger partial charge in [-0.1, -0.05) is 45.9 Å². The molecule has 1 nitrogen and oxygen atoms in total. The molecule has 1 atom stereocenters. The number of halogens is 3. The highest BCUT2D eigenvalue weighted by molar-refractivity contribution is 5.28. The van der Waals surface area contributed by atoms with Gasteiger partial charge in [0.1, 0.15) is 0 Å². The lowest BCUT2D eigenvalue weighted by Gasteiger charge is -2.19. The number of hydrogen-bond acceptors (Lipinski definition) is 1. The maximum Gasteiger partial charge on any atom is 0.416 e. The number of benzene rings is 1. The van der Waals surface area contributed by atoms with E-state index < -0.39 is 11.7 Å². The van der Waals surface area contributed by atoms with Crippen LogP contribution in [0.1, 0.15) is 38.8 Å². The molecule has 0 heterocycles. The van der Waals surface area contributed by atoms with Gasteiger partial charge < -0.3 is 5.32 Å². The standard InChI is InChI=1S/C17H24F3N/c1-15(2)14(16(15,3)4)13(21-5)10-11-7-6-8-12(9-11)17(18,19)20/h6-9,13-14,21H,10H2,1-5H3. The van der Waals surface area contributed by atoms with Gasteiger partial charge in [-0.3, -0.25) is 0 Å². The highest BCUT2D eigenvalue weighted by Crippen LogP contribution is 2.69. The van der Waals surface area contributed by atoms with Gasteiger partial charge in [0, 0.05) is 6.04 Å². The Kier molecular flexibility index (Phi) is 3.90. The Balaban J connectivity index is 2.18. The second-order valence-electron chi connectivity index (χ2n) is 7.22. The molecule has 21 heavy (non-hydrogen) atoms. The summed E-state index contributed by atoms with van der Waals surface area (Å²) in [6.07, 6.45) is -3.65. The van der Waals surface area contributed by atoms with Gasteiger partial charge in [0.2, 0.25) is 0 Å². The van der Waals surface area contributed by atoms with Crippen LogP contribution < -0.4 is 5.32 Å². The second-order valence-corrected chi connectivity index (χ2v) is 7.22. The normalized spacial score (nSPS) is 22.1. The molecule has 0 aliphatic heterocycles. The predicted molar refractivity (Wildman–Crippen MR) is 79.0 cm³/mol. The summed E-state index contributed by atoms with van der Waals surface area (Å²) in [4.78, 5) is 0. The topological polar surface area (TPSA) is 12.0 Å². The van der Waals surface area contributed by atoms with Crippen LogP contribution in [0.2, 0.25) is 0 Å². The van der Waals surface area contributed by atoms with Crippen LogP contribution in [0.3, 0.4) is 0 Å². The van der Waals surface area contributed by atoms with Gasteiger partial charge in [-0.15, -0.1) is 0 Å². The molecular weight excluding hydrogens is 275 g/mol. The lowest BCUT2D eigenvalue weighted by molar-refractivity contribution is -0.137. The van der Waals surface area contributed by atoms with Gasteiger partial charge in [0.05, 0.1) is 5.56 Å². The van der Waals surface area contributed by atoms with Crippen LogP contribution in [0.25, 0.3) is 0 Å². The summed E-state index contributed by atoms with van der Waals surface area (Å²) in [5.74, 6) is 0.463. The van der Waals surface area contributed by atoms with E-state index in [2.05, 4.69) is 33.0 Å². The predicted octanol–water partition coefficient (Wildman–Crippen LogP) is 4.52. The van der Waals surface area contributed by atoms with Crippen LogP contribution in [0.15, 0.2) is 24.3 Å². The van der Waals surface area contributed by atoms with Crippen LogP contribution in [0, 0.1) is 16.7 Å². The van der Waals surface area contributed by atoms with Crippen LogP contribution in [-0.2, 0) is 12.6 Å². The molecule has 2 rings (SSSR count). The van der Waals surface area contributed by atoms with Crippen LogP contribution >= 0.6 is 0 Å². The van der Waals surface area contributed by atoms with E-state index in [1.54, 1.807) is 6.07 Å². The molecule has 0 aromatic heterocycles. The van der Waals surface area contributed by atoms with Crippen molar-refractivity contribution in [3.05, 3.63) is 35.4 Å². The highest BCUT2D eigenvalue weighted by Gasteiger charge is 2.66. The third kappa shape index (κ3) is 2.83. The third-order valence-electron chi connectivity index (χ3n) is 5.62. The van der Waals surface area contributed by atoms with E-state index >= 15 is 0 Å². The van der Waals surface area contributed by atoms with E-state index in [4.69, 9.17) is 0 Å². The van der Waals surface area contributed by atoms with E-state index in [0.717, 1.165) is 11.6 Å². The zero-order chi connectivity index (χ0) is 16.1. The monoisotopic (exact) mass is 299 g/mol. The van der Waals surface area contributed by atoms with Gasteiger partial charge in [0.15, 0.2) is 0 Å². The van der Waals surface area contributed by atoms with Crippen molar-refractivity contribution in [1.29, 1.82) is 0 Å². The molecule has 0 amide bonds. The minimum atomic E-state index is -4.27. The first-order valence-corrected chi connectivity index (χ1v) is 7.35. The van der Waals surface area contributed by atoms with Gasteiger partial charge in [-0.2, -0.15) is 13.2 Å². The fourth-order valence-electron chi connectivity index (χ4n) is 3.77. The van der Waals surface area contributed by atoms with Crippen molar-refractivity contribution in [3.8, 4) is 0 Å². The van der Waals surface area contributed by atoms with E-state index in [0.29, 0.717) is 12.3 Å². The molecule has 0 spiro atoms. The van der Waals surface area contributed by atoms with Crippen LogP contribution in [0.4, 0.5) is 13.2 Å². The molecule has 1 aromatic carbocycles. The molecule has 1 N–H and O–H groups in total. The molecule has 1 fully saturated rings. The maximum atomic E-state index is 12.8. The van der Waals surface area contributed by atoms with E-state index in [-0.39, 0.29) is 16.9 Å². The lowest BCUT2D eigenvalue weighted by Crippen LogP contribution is -2.32. The number of rotatable bonds is 4. The SMILES string of the molecule is CNC(Cc1cccc(C(F)(F)F)c1)C1C(C)(C)C1(C)C. The lowest BCUT2D eigenvalue weighted by atomic mass is 9.96. The first kappa shape index (κ1) is 16.3. The zero-order valence-corrected chi connectivity index (χ0v) is 13.3. The van der Waals surface area contributed by atoms with E-state index in [1.165, 1.54) is 12.1 Å². The van der Waals surface area contributed by atoms with Gasteiger partial charge >= 0.3 is 6.18 Å². The van der Waals surface area contributed by atoms with Crippen molar-refractivity contribution in [3.63, 3.8) is 0 Å². The van der Waals surface area contributed by atoms with Crippen LogP contribution in [0.5, 0.6) is 0 Å². The number of likely N-dealkylation sites (N-methyl/N-ethyl adjacent to an activating group) is 1. The Labute approximate surface area is 124 Å². The molecule has 0 radical (unpaired) electrons. The summed E-state index contributed by atoms with van der Waals surface area (Å²) >= 11 is 0. The Bertz CT molecular complexity index is 503. The number of nitrogens with one attached hydrogen (secondary N) is 1. The van der Waals surface area contributed by atoms with Crippen molar-refractivity contribution < 1.29 is 13.2 Å². The van der Waals surface area contributed by atoms with Crippen molar-refractivity contribution in [2.24, 2.45) is 16.7 Å². The Morgan fingerprint density at radius 1 is 1.14 bits per heavy atom. The van der Waals surface area contributed by atoms with Gasteiger partial charge in [-0.25, -0.2) is 0 Å². The number of alkyl halides is 3. The van der Waals surface area contributed by atoms with Crippen molar-refractivity contribution in [2.45, 2.75) is 46.3 Å². The van der Waals surface area contributed by atoms with Crippen molar-refractivity contribution >= 4 is 0 Å². The second kappa shape index (κ2) is 5.01. The number of hydrogen-bond donors (Lipinski definition) is 1. The molecule has 1 unspecified atom stereocenters. The first-order chi connectivity index (χ1) is 9.51. The van der Waals surface area contributed by atoms with Crippen LogP contribution in [-0.4, -0.2) is 13.1 Å². The third-order valence-corrected chi connectivity index (χ3v) is 5.62. The average molecular weight is 299 g/mol. The molecule has 4 heteroatoms. The van der Waals surface area contributed by atoms with Gasteiger partial charge in [0.25, 0.3) is 0 Å². The average Bonchev–Trinajstić information content (AvgIpc) is 2.77. The minimum Gasteiger partial charge on any atom is -0.316 e. The fraction of sp³-hybridized carbons (Fsp3) is 0.647. The van der Waals surface area contributed by atoms with Crippen molar-refractivity contribution in [2.75, 3.05) is 7.05 Å². The molecule has 1 saturated carbocycles. The molecule has 118 valence electrons. The zero-order valence-electron chi connectivity index (χ0n) is 13.3. The van der Waals surface area contributed by atoms with E-state index in [9.17, 15) is 13.2 Å². The minimum absolute atomic E-state index is 0.193. The smallest absolute Gasteiger partial charge is 0.316 e.